The molecular formula is C16H23N3O2. The lowest BCUT2D eigenvalue weighted by Crippen LogP contribution is -2.35. The second-order valence-electron chi connectivity index (χ2n) is 5.41. The Morgan fingerprint density at radius 1 is 1.38 bits per heavy atom. The monoisotopic (exact) mass is 289 g/mol. The Morgan fingerprint density at radius 2 is 2.24 bits per heavy atom. The van der Waals surface area contributed by atoms with Crippen LogP contribution in [0.3, 0.4) is 0 Å². The second-order valence-corrected chi connectivity index (χ2v) is 5.41. The first-order valence-corrected chi connectivity index (χ1v) is 7.60. The number of rotatable bonds is 6. The zero-order valence-electron chi connectivity index (χ0n) is 12.7. The lowest BCUT2D eigenvalue weighted by atomic mass is 10.0. The Hall–Kier alpha value is -1.43. The summed E-state index contributed by atoms with van der Waals surface area (Å²) in [6.07, 6.45) is 0. The molecule has 2 unspecified atom stereocenters. The number of imidazole rings is 1. The maximum Gasteiger partial charge on any atom is 0.117 e. The van der Waals surface area contributed by atoms with Crippen LogP contribution in [-0.4, -0.2) is 49.1 Å². The predicted octanol–water partition coefficient (Wildman–Crippen LogP) is 1.77. The van der Waals surface area contributed by atoms with Crippen molar-refractivity contribution in [2.45, 2.75) is 25.4 Å². The molecule has 1 aromatic carbocycles. The minimum Gasteiger partial charge on any atom is -0.383 e. The fourth-order valence-corrected chi connectivity index (χ4v) is 3.07. The number of ether oxygens (including phenoxy) is 2. The number of hydrogen-bond acceptors (Lipinski definition) is 4. The average molecular weight is 289 g/mol. The van der Waals surface area contributed by atoms with E-state index < -0.39 is 0 Å². The first-order chi connectivity index (χ1) is 10.3. The highest BCUT2D eigenvalue weighted by atomic mass is 16.5. The van der Waals surface area contributed by atoms with Crippen molar-refractivity contribution in [3.63, 3.8) is 0 Å². The molecule has 114 valence electrons. The van der Waals surface area contributed by atoms with Gasteiger partial charge in [0, 0.05) is 19.7 Å². The van der Waals surface area contributed by atoms with Gasteiger partial charge in [-0.25, -0.2) is 4.98 Å². The van der Waals surface area contributed by atoms with Crippen molar-refractivity contribution >= 4 is 11.0 Å². The van der Waals surface area contributed by atoms with E-state index in [1.54, 1.807) is 7.11 Å². The Morgan fingerprint density at radius 3 is 3.05 bits per heavy atom. The van der Waals surface area contributed by atoms with Gasteiger partial charge in [0.15, 0.2) is 0 Å². The number of para-hydroxylation sites is 2. The van der Waals surface area contributed by atoms with Crippen molar-refractivity contribution in [3.8, 4) is 0 Å². The van der Waals surface area contributed by atoms with Crippen LogP contribution in [0, 0.1) is 0 Å². The normalized spacial score (nSPS) is 22.2. The molecule has 21 heavy (non-hydrogen) atoms. The summed E-state index contributed by atoms with van der Waals surface area (Å²) in [7, 11) is 1.74. The van der Waals surface area contributed by atoms with Crippen molar-refractivity contribution in [1.82, 2.24) is 14.9 Å². The summed E-state index contributed by atoms with van der Waals surface area (Å²) in [6, 6.07) is 8.63. The van der Waals surface area contributed by atoms with Crippen molar-refractivity contribution < 1.29 is 9.47 Å². The van der Waals surface area contributed by atoms with Gasteiger partial charge in [0.2, 0.25) is 0 Å². The van der Waals surface area contributed by atoms with Gasteiger partial charge in [0.05, 0.1) is 36.8 Å². The molecular weight excluding hydrogens is 266 g/mol. The summed E-state index contributed by atoms with van der Waals surface area (Å²) < 4.78 is 13.2. The molecule has 5 heteroatoms. The maximum atomic E-state index is 5.69. The molecule has 0 radical (unpaired) electrons. The highest BCUT2D eigenvalue weighted by molar-refractivity contribution is 5.76. The molecule has 0 spiro atoms. The van der Waals surface area contributed by atoms with Crippen LogP contribution < -0.4 is 5.32 Å². The largest absolute Gasteiger partial charge is 0.383 e. The number of benzene rings is 1. The topological polar surface area (TPSA) is 48.3 Å². The average Bonchev–Trinajstić information content (AvgIpc) is 3.09. The molecule has 5 nitrogen and oxygen atoms in total. The number of nitrogens with one attached hydrogen (secondary N) is 1. The first-order valence-electron chi connectivity index (χ1n) is 7.60. The highest BCUT2D eigenvalue weighted by Crippen LogP contribution is 2.28. The lowest BCUT2D eigenvalue weighted by molar-refractivity contribution is 0.182. The van der Waals surface area contributed by atoms with E-state index in [0.29, 0.717) is 18.6 Å². The summed E-state index contributed by atoms with van der Waals surface area (Å²) in [4.78, 5) is 4.87. The SMILES string of the molecule is CCNC1COCC1c1nc2ccccc2n1CCOC. The molecule has 3 rings (SSSR count). The molecule has 0 bridgehead atoms. The summed E-state index contributed by atoms with van der Waals surface area (Å²) in [5, 5.41) is 3.51. The van der Waals surface area contributed by atoms with E-state index in [1.165, 1.54) is 5.52 Å². The molecule has 2 aromatic rings. The third-order valence-corrected chi connectivity index (χ3v) is 4.08. The zero-order valence-corrected chi connectivity index (χ0v) is 12.7. The van der Waals surface area contributed by atoms with E-state index in [4.69, 9.17) is 14.5 Å². The lowest BCUT2D eigenvalue weighted by Gasteiger charge is -2.19. The van der Waals surface area contributed by atoms with Crippen molar-refractivity contribution in [2.75, 3.05) is 33.5 Å². The fraction of sp³-hybridized carbons (Fsp3) is 0.562. The molecule has 2 atom stereocenters. The summed E-state index contributed by atoms with van der Waals surface area (Å²) in [5.41, 5.74) is 2.22. The Labute approximate surface area is 125 Å². The molecule has 1 aromatic heterocycles. The van der Waals surface area contributed by atoms with E-state index in [0.717, 1.165) is 37.6 Å². The van der Waals surface area contributed by atoms with Gasteiger partial charge in [-0.05, 0) is 18.7 Å². The quantitative estimate of drug-likeness (QED) is 0.880. The number of fused-ring (bicyclic) bond motifs is 1. The first kappa shape index (κ1) is 14.5. The molecule has 0 aliphatic carbocycles. The standard InChI is InChI=1S/C16H23N3O2/c1-3-17-14-11-21-10-12(14)16-18-13-6-4-5-7-15(13)19(16)8-9-20-2/h4-7,12,14,17H,3,8-11H2,1-2H3. The molecule has 1 aliphatic heterocycles. The zero-order chi connectivity index (χ0) is 14.7. The summed E-state index contributed by atoms with van der Waals surface area (Å²) in [5.74, 6) is 1.41. The van der Waals surface area contributed by atoms with Crippen LogP contribution in [0.4, 0.5) is 0 Å². The van der Waals surface area contributed by atoms with Gasteiger partial charge in [-0.3, -0.25) is 0 Å². The second kappa shape index (κ2) is 6.56. The van der Waals surface area contributed by atoms with Crippen LogP contribution in [-0.2, 0) is 16.0 Å². The van der Waals surface area contributed by atoms with E-state index in [-0.39, 0.29) is 0 Å². The molecule has 1 saturated heterocycles. The minimum absolute atomic E-state index is 0.300. The Bertz CT molecular complexity index is 596. The molecule has 1 fully saturated rings. The van der Waals surface area contributed by atoms with Crippen LogP contribution in [0.2, 0.25) is 0 Å². The predicted molar refractivity (Wildman–Crippen MR) is 82.6 cm³/mol. The fourth-order valence-electron chi connectivity index (χ4n) is 3.07. The highest BCUT2D eigenvalue weighted by Gasteiger charge is 2.32. The minimum atomic E-state index is 0.300. The van der Waals surface area contributed by atoms with Gasteiger partial charge in [-0.2, -0.15) is 0 Å². The van der Waals surface area contributed by atoms with E-state index in [2.05, 4.69) is 35.0 Å². The van der Waals surface area contributed by atoms with Gasteiger partial charge in [-0.15, -0.1) is 0 Å². The third kappa shape index (κ3) is 2.81. The number of hydrogen-bond donors (Lipinski definition) is 1. The summed E-state index contributed by atoms with van der Waals surface area (Å²) in [6.45, 7) is 6.07. The Balaban J connectivity index is 1.99. The van der Waals surface area contributed by atoms with Gasteiger partial charge >= 0.3 is 0 Å². The number of methoxy groups -OCH3 is 1. The van der Waals surface area contributed by atoms with Crippen LogP contribution in [0.15, 0.2) is 24.3 Å². The molecule has 0 saturated carbocycles. The van der Waals surface area contributed by atoms with Gasteiger partial charge < -0.3 is 19.4 Å². The van der Waals surface area contributed by atoms with Gasteiger partial charge in [0.25, 0.3) is 0 Å². The molecule has 0 amide bonds. The van der Waals surface area contributed by atoms with Crippen molar-refractivity contribution in [2.24, 2.45) is 0 Å². The van der Waals surface area contributed by atoms with Crippen LogP contribution in [0.25, 0.3) is 11.0 Å². The van der Waals surface area contributed by atoms with Crippen molar-refractivity contribution in [1.29, 1.82) is 0 Å². The van der Waals surface area contributed by atoms with Crippen molar-refractivity contribution in [3.05, 3.63) is 30.1 Å². The summed E-state index contributed by atoms with van der Waals surface area (Å²) >= 11 is 0. The maximum absolute atomic E-state index is 5.69. The van der Waals surface area contributed by atoms with E-state index in [1.807, 2.05) is 6.07 Å². The van der Waals surface area contributed by atoms with Crippen LogP contribution in [0.1, 0.15) is 18.7 Å². The van der Waals surface area contributed by atoms with E-state index in [9.17, 15) is 0 Å². The van der Waals surface area contributed by atoms with Gasteiger partial charge in [-0.1, -0.05) is 19.1 Å². The smallest absolute Gasteiger partial charge is 0.117 e. The third-order valence-electron chi connectivity index (χ3n) is 4.08. The number of likely N-dealkylation sites (N-methyl/N-ethyl adjacent to an activating group) is 1. The molecule has 2 heterocycles. The Kier molecular flexibility index (Phi) is 4.53. The van der Waals surface area contributed by atoms with Crippen LogP contribution in [0.5, 0.6) is 0 Å². The van der Waals surface area contributed by atoms with Crippen LogP contribution >= 0.6 is 0 Å². The molecule has 1 N–H and O–H groups in total. The van der Waals surface area contributed by atoms with E-state index >= 15 is 0 Å². The van der Waals surface area contributed by atoms with Gasteiger partial charge in [0.1, 0.15) is 5.82 Å². The number of nitrogens with zero attached hydrogens (tertiary/aromatic N) is 2. The number of aromatic nitrogens is 2. The molecule has 1 aliphatic rings.